The van der Waals surface area contributed by atoms with Crippen molar-refractivity contribution in [2.24, 2.45) is 5.73 Å². The molecule has 158 valence electrons. The number of aryl methyl sites for hydroxylation is 1. The topological polar surface area (TPSA) is 89.2 Å². The van der Waals surface area contributed by atoms with Crippen LogP contribution in [0.25, 0.3) is 0 Å². The number of carbonyl (C=O) groups excluding carboxylic acids is 2. The fourth-order valence-corrected chi connectivity index (χ4v) is 4.40. The number of hydrogen-bond acceptors (Lipinski definition) is 4. The highest BCUT2D eigenvalue weighted by Crippen LogP contribution is 2.43. The largest absolute Gasteiger partial charge is 0.368 e. The van der Waals surface area contributed by atoms with Crippen LogP contribution < -0.4 is 5.73 Å². The first-order chi connectivity index (χ1) is 14.9. The van der Waals surface area contributed by atoms with Crippen LogP contribution in [-0.2, 0) is 11.2 Å². The van der Waals surface area contributed by atoms with E-state index >= 15 is 0 Å². The zero-order valence-electron chi connectivity index (χ0n) is 16.8. The quantitative estimate of drug-likeness (QED) is 0.653. The molecule has 0 unspecified atom stereocenters. The van der Waals surface area contributed by atoms with Crippen molar-refractivity contribution in [3.63, 3.8) is 0 Å². The average Bonchev–Trinajstić information content (AvgIpc) is 3.16. The van der Waals surface area contributed by atoms with Crippen molar-refractivity contribution < 1.29 is 14.0 Å². The van der Waals surface area contributed by atoms with E-state index in [9.17, 15) is 14.0 Å². The van der Waals surface area contributed by atoms with Gasteiger partial charge >= 0.3 is 0 Å². The fraction of sp³-hybridized carbons (Fsp3) is 0.217. The van der Waals surface area contributed by atoms with Crippen molar-refractivity contribution in [3.8, 4) is 0 Å². The number of primary amides is 1. The molecule has 8 heteroatoms. The number of benzene rings is 2. The Balaban J connectivity index is 1.90. The van der Waals surface area contributed by atoms with Crippen LogP contribution in [-0.4, -0.2) is 26.7 Å². The van der Waals surface area contributed by atoms with Gasteiger partial charge in [0.25, 0.3) is 5.91 Å². The summed E-state index contributed by atoms with van der Waals surface area (Å²) >= 11 is 6.12. The molecule has 1 aromatic heterocycles. The van der Waals surface area contributed by atoms with Gasteiger partial charge in [-0.05, 0) is 48.6 Å². The molecule has 2 amide bonds. The Kier molecular flexibility index (Phi) is 5.69. The van der Waals surface area contributed by atoms with Crippen LogP contribution in [0.4, 0.5) is 4.39 Å². The van der Waals surface area contributed by atoms with E-state index in [-0.39, 0.29) is 10.6 Å². The van der Waals surface area contributed by atoms with E-state index in [0.717, 1.165) is 0 Å². The maximum Gasteiger partial charge on any atom is 0.258 e. The number of amides is 2. The number of carbonyl (C=O) groups is 2. The van der Waals surface area contributed by atoms with Crippen LogP contribution in [0.3, 0.4) is 0 Å². The van der Waals surface area contributed by atoms with E-state index in [1.165, 1.54) is 23.5 Å². The van der Waals surface area contributed by atoms with Gasteiger partial charge in [0.2, 0.25) is 5.91 Å². The molecule has 0 radical (unpaired) electrons. The molecule has 1 aliphatic rings. The zero-order valence-corrected chi connectivity index (χ0v) is 17.5. The van der Waals surface area contributed by atoms with Gasteiger partial charge in [0.05, 0.1) is 17.3 Å². The third-order valence-corrected chi connectivity index (χ3v) is 5.81. The Hall–Kier alpha value is -3.32. The molecule has 0 aliphatic heterocycles. The van der Waals surface area contributed by atoms with Gasteiger partial charge < -0.3 is 10.6 Å². The second-order valence-corrected chi connectivity index (χ2v) is 7.90. The Morgan fingerprint density at radius 1 is 1.26 bits per heavy atom. The molecule has 0 spiro atoms. The molecule has 6 nitrogen and oxygen atoms in total. The van der Waals surface area contributed by atoms with Crippen LogP contribution in [0.2, 0.25) is 5.02 Å². The van der Waals surface area contributed by atoms with Crippen molar-refractivity contribution in [1.29, 1.82) is 0 Å². The van der Waals surface area contributed by atoms with Gasteiger partial charge in [0.1, 0.15) is 18.2 Å². The SMILES string of the molecule is Cc1ncncc1C(=O)N([C@@H]1CCc2c(F)cc(Cl)cc21)[C@@H](C(N)=O)c1ccccc1. The average molecular weight is 439 g/mol. The molecular weight excluding hydrogens is 419 g/mol. The molecular formula is C23H20ClFN4O2. The Morgan fingerprint density at radius 3 is 2.68 bits per heavy atom. The summed E-state index contributed by atoms with van der Waals surface area (Å²) in [5.74, 6) is -1.57. The Bertz CT molecular complexity index is 1160. The highest BCUT2D eigenvalue weighted by Gasteiger charge is 2.40. The molecule has 3 aromatic rings. The lowest BCUT2D eigenvalue weighted by Crippen LogP contribution is -2.43. The highest BCUT2D eigenvalue weighted by atomic mass is 35.5. The summed E-state index contributed by atoms with van der Waals surface area (Å²) in [5, 5.41) is 0.227. The van der Waals surface area contributed by atoms with Gasteiger partial charge in [-0.2, -0.15) is 0 Å². The summed E-state index contributed by atoms with van der Waals surface area (Å²) in [6.07, 6.45) is 3.60. The smallest absolute Gasteiger partial charge is 0.258 e. The lowest BCUT2D eigenvalue weighted by molar-refractivity contribution is -0.123. The molecule has 0 saturated carbocycles. The van der Waals surface area contributed by atoms with Crippen LogP contribution >= 0.6 is 11.6 Å². The number of nitrogens with zero attached hydrogens (tertiary/aromatic N) is 3. The third-order valence-electron chi connectivity index (χ3n) is 5.60. The van der Waals surface area contributed by atoms with E-state index in [4.69, 9.17) is 17.3 Å². The monoisotopic (exact) mass is 438 g/mol. The summed E-state index contributed by atoms with van der Waals surface area (Å²) in [7, 11) is 0. The molecule has 2 N–H and O–H groups in total. The fourth-order valence-electron chi connectivity index (χ4n) is 4.19. The van der Waals surface area contributed by atoms with Crippen LogP contribution in [0.5, 0.6) is 0 Å². The minimum Gasteiger partial charge on any atom is -0.368 e. The van der Waals surface area contributed by atoms with E-state index < -0.39 is 29.7 Å². The van der Waals surface area contributed by atoms with Crippen LogP contribution in [0, 0.1) is 12.7 Å². The lowest BCUT2D eigenvalue weighted by atomic mass is 9.98. The van der Waals surface area contributed by atoms with Crippen molar-refractivity contribution in [1.82, 2.24) is 14.9 Å². The van der Waals surface area contributed by atoms with E-state index in [0.29, 0.717) is 35.2 Å². The number of aromatic nitrogens is 2. The number of halogens is 2. The molecule has 1 heterocycles. The summed E-state index contributed by atoms with van der Waals surface area (Å²) in [4.78, 5) is 35.9. The first-order valence-electron chi connectivity index (χ1n) is 9.79. The van der Waals surface area contributed by atoms with Gasteiger partial charge in [0, 0.05) is 11.2 Å². The standard InChI is InChI=1S/C23H20ClFN4O2/c1-13-18(11-27-12-28-13)23(31)29(21(22(26)30)14-5-3-2-4-6-14)20-8-7-16-17(20)9-15(24)10-19(16)25/h2-6,9-12,20-21H,7-8H2,1H3,(H2,26,30)/t20-,21-/m1/s1. The molecule has 0 bridgehead atoms. The predicted molar refractivity (Wildman–Crippen MR) is 114 cm³/mol. The van der Waals surface area contributed by atoms with Gasteiger partial charge in [-0.15, -0.1) is 0 Å². The maximum absolute atomic E-state index is 14.6. The van der Waals surface area contributed by atoms with Crippen molar-refractivity contribution in [3.05, 3.63) is 93.8 Å². The normalized spacial score (nSPS) is 15.9. The Labute approximate surface area is 183 Å². The summed E-state index contributed by atoms with van der Waals surface area (Å²) in [5.41, 5.74) is 8.16. The highest BCUT2D eigenvalue weighted by molar-refractivity contribution is 6.30. The number of rotatable bonds is 5. The molecule has 0 fully saturated rings. The second-order valence-electron chi connectivity index (χ2n) is 7.46. The minimum absolute atomic E-state index is 0.227. The number of nitrogens with two attached hydrogens (primary N) is 1. The molecule has 4 rings (SSSR count). The van der Waals surface area contributed by atoms with Crippen LogP contribution in [0.1, 0.15) is 51.2 Å². The molecule has 2 aromatic carbocycles. The summed E-state index contributed by atoms with van der Waals surface area (Å²) in [6, 6.07) is 10.1. The van der Waals surface area contributed by atoms with Gasteiger partial charge in [0.15, 0.2) is 0 Å². The first-order valence-corrected chi connectivity index (χ1v) is 10.2. The summed E-state index contributed by atoms with van der Waals surface area (Å²) < 4.78 is 14.6. The van der Waals surface area contributed by atoms with Crippen LogP contribution in [0.15, 0.2) is 55.0 Å². The maximum atomic E-state index is 14.6. The molecule has 31 heavy (non-hydrogen) atoms. The molecule has 1 aliphatic carbocycles. The van der Waals surface area contributed by atoms with Gasteiger partial charge in [-0.3, -0.25) is 9.59 Å². The number of fused-ring (bicyclic) bond motifs is 1. The van der Waals surface area contributed by atoms with Gasteiger partial charge in [-0.1, -0.05) is 41.9 Å². The van der Waals surface area contributed by atoms with E-state index in [2.05, 4.69) is 9.97 Å². The van der Waals surface area contributed by atoms with Crippen molar-refractivity contribution in [2.45, 2.75) is 31.8 Å². The summed E-state index contributed by atoms with van der Waals surface area (Å²) in [6.45, 7) is 1.69. The minimum atomic E-state index is -1.06. The molecule has 0 saturated heterocycles. The van der Waals surface area contributed by atoms with Gasteiger partial charge in [-0.25, -0.2) is 14.4 Å². The number of hydrogen-bond donors (Lipinski definition) is 1. The lowest BCUT2D eigenvalue weighted by Gasteiger charge is -2.36. The van der Waals surface area contributed by atoms with E-state index in [1.807, 2.05) is 6.07 Å². The predicted octanol–water partition coefficient (Wildman–Crippen LogP) is 3.93. The second kappa shape index (κ2) is 8.43. The zero-order chi connectivity index (χ0) is 22.1. The van der Waals surface area contributed by atoms with Crippen molar-refractivity contribution in [2.75, 3.05) is 0 Å². The Morgan fingerprint density at radius 2 is 2.00 bits per heavy atom. The third kappa shape index (κ3) is 3.88. The van der Waals surface area contributed by atoms with Crippen molar-refractivity contribution >= 4 is 23.4 Å². The van der Waals surface area contributed by atoms with E-state index in [1.54, 1.807) is 37.3 Å². The first kappa shape index (κ1) is 20.9. The molecule has 2 atom stereocenters.